The second-order valence-electron chi connectivity index (χ2n) is 7.76. The molecule has 4 atom stereocenters. The van der Waals surface area contributed by atoms with Gasteiger partial charge in [0.25, 0.3) is 0 Å². The largest absolute Gasteiger partial charge is 0.371 e. The van der Waals surface area contributed by atoms with Crippen molar-refractivity contribution >= 4 is 15.5 Å². The van der Waals surface area contributed by atoms with Crippen LogP contribution < -0.4 is 10.2 Å². The van der Waals surface area contributed by atoms with Crippen molar-refractivity contribution in [1.82, 2.24) is 5.32 Å². The lowest BCUT2D eigenvalue weighted by molar-refractivity contribution is 0.466. The van der Waals surface area contributed by atoms with Crippen LogP contribution >= 0.6 is 0 Å². The summed E-state index contributed by atoms with van der Waals surface area (Å²) in [5.41, 5.74) is 2.35. The molecule has 0 amide bonds. The normalized spacial score (nSPS) is 28.3. The van der Waals surface area contributed by atoms with Gasteiger partial charge in [-0.05, 0) is 62.6 Å². The van der Waals surface area contributed by atoms with Crippen molar-refractivity contribution in [3.8, 4) is 0 Å². The lowest BCUT2D eigenvalue weighted by Crippen LogP contribution is -2.36. The van der Waals surface area contributed by atoms with Crippen molar-refractivity contribution in [2.75, 3.05) is 11.9 Å². The van der Waals surface area contributed by atoms with E-state index in [1.165, 1.54) is 11.3 Å². The fourth-order valence-corrected chi connectivity index (χ4v) is 6.00. The molecule has 2 aliphatic rings. The van der Waals surface area contributed by atoms with Crippen LogP contribution in [-0.4, -0.2) is 33.6 Å². The number of nitrogens with zero attached hydrogens (tertiary/aromatic N) is 1. The van der Waals surface area contributed by atoms with Crippen LogP contribution in [0.25, 0.3) is 0 Å². The summed E-state index contributed by atoms with van der Waals surface area (Å²) in [7, 11) is -1.35. The van der Waals surface area contributed by atoms with Crippen LogP contribution in [0.3, 0.4) is 0 Å². The van der Waals surface area contributed by atoms with Gasteiger partial charge in [0.15, 0.2) is 0 Å². The zero-order valence-corrected chi connectivity index (χ0v) is 16.3. The first-order chi connectivity index (χ1) is 12.4. The van der Waals surface area contributed by atoms with E-state index in [4.69, 9.17) is 0 Å². The predicted molar refractivity (Wildman–Crippen MR) is 105 cm³/mol. The molecule has 2 aromatic carbocycles. The molecule has 0 aromatic heterocycles. The molecular weight excluding hydrogens is 344 g/mol. The van der Waals surface area contributed by atoms with Crippen molar-refractivity contribution in [3.63, 3.8) is 0 Å². The molecular formula is C21H26N2O2S. The van der Waals surface area contributed by atoms with Gasteiger partial charge in [0, 0.05) is 36.8 Å². The molecule has 4 nitrogen and oxygen atoms in total. The smallest absolute Gasteiger partial charge is 0.206 e. The molecule has 1 saturated heterocycles. The summed E-state index contributed by atoms with van der Waals surface area (Å²) in [4.78, 5) is 3.09. The Hall–Kier alpha value is -1.85. The molecule has 0 spiro atoms. The molecule has 2 unspecified atom stereocenters. The Labute approximate surface area is 156 Å². The zero-order chi connectivity index (χ0) is 18.5. The number of likely N-dealkylation sites (N-methyl/N-ethyl adjacent to an activating group) is 1. The number of benzene rings is 2. The molecule has 5 heteroatoms. The molecule has 2 aromatic rings. The van der Waals surface area contributed by atoms with Gasteiger partial charge in [-0.25, -0.2) is 8.42 Å². The standard InChI is InChI=1S/C21H26N2O2S/c1-14-11-18-19-13-17(26(24,25)16-7-5-4-6-8-16)9-10-20(19)23(3)21(18)12-15(2)22-14/h4-10,13-15,18,21-22H,11-12H2,1-3H3/t14?,15?,18-,21-/m0/s1. The third kappa shape index (κ3) is 2.83. The number of hydrogen-bond donors (Lipinski definition) is 1. The van der Waals surface area contributed by atoms with Crippen molar-refractivity contribution in [2.45, 2.75) is 60.5 Å². The Balaban J connectivity index is 1.78. The Morgan fingerprint density at radius 1 is 0.962 bits per heavy atom. The summed E-state index contributed by atoms with van der Waals surface area (Å²) in [6.07, 6.45) is 2.10. The summed E-state index contributed by atoms with van der Waals surface area (Å²) in [6.45, 7) is 4.46. The maximum atomic E-state index is 13.0. The molecule has 26 heavy (non-hydrogen) atoms. The molecule has 0 radical (unpaired) electrons. The van der Waals surface area contributed by atoms with E-state index in [9.17, 15) is 8.42 Å². The van der Waals surface area contributed by atoms with Crippen LogP contribution in [0.4, 0.5) is 5.69 Å². The first kappa shape index (κ1) is 17.6. The Kier molecular flexibility index (Phi) is 4.32. The lowest BCUT2D eigenvalue weighted by atomic mass is 9.88. The molecule has 138 valence electrons. The van der Waals surface area contributed by atoms with E-state index in [0.29, 0.717) is 33.8 Å². The highest BCUT2D eigenvalue weighted by Crippen LogP contribution is 2.46. The molecule has 0 bridgehead atoms. The summed E-state index contributed by atoms with van der Waals surface area (Å²) in [5, 5.41) is 3.65. The highest BCUT2D eigenvalue weighted by atomic mass is 32.2. The third-order valence-corrected chi connectivity index (χ3v) is 7.64. The SMILES string of the molecule is CC1C[C@H]2c3cc(S(=O)(=O)c4ccccc4)ccc3N(C)[C@H]2CC(C)N1. The van der Waals surface area contributed by atoms with Crippen LogP contribution in [0.5, 0.6) is 0 Å². The van der Waals surface area contributed by atoms with Gasteiger partial charge >= 0.3 is 0 Å². The van der Waals surface area contributed by atoms with Gasteiger partial charge in [-0.15, -0.1) is 0 Å². The maximum absolute atomic E-state index is 13.0. The van der Waals surface area contributed by atoms with Crippen molar-refractivity contribution in [3.05, 3.63) is 54.1 Å². The van der Waals surface area contributed by atoms with Gasteiger partial charge in [0.1, 0.15) is 0 Å². The van der Waals surface area contributed by atoms with Crippen molar-refractivity contribution in [1.29, 1.82) is 0 Å². The topological polar surface area (TPSA) is 49.4 Å². The van der Waals surface area contributed by atoms with Crippen LogP contribution in [-0.2, 0) is 9.84 Å². The molecule has 2 aliphatic heterocycles. The van der Waals surface area contributed by atoms with E-state index in [0.717, 1.165) is 12.8 Å². The molecule has 0 aliphatic carbocycles. The predicted octanol–water partition coefficient (Wildman–Crippen LogP) is 3.58. The highest BCUT2D eigenvalue weighted by molar-refractivity contribution is 7.91. The van der Waals surface area contributed by atoms with Crippen molar-refractivity contribution < 1.29 is 8.42 Å². The number of fused-ring (bicyclic) bond motifs is 3. The van der Waals surface area contributed by atoms with Gasteiger partial charge in [-0.2, -0.15) is 0 Å². The highest BCUT2D eigenvalue weighted by Gasteiger charge is 2.40. The monoisotopic (exact) mass is 370 g/mol. The molecule has 1 N–H and O–H groups in total. The number of sulfone groups is 1. The number of nitrogens with one attached hydrogen (secondary N) is 1. The molecule has 2 heterocycles. The first-order valence-corrected chi connectivity index (χ1v) is 10.8. The van der Waals surface area contributed by atoms with Crippen molar-refractivity contribution in [2.24, 2.45) is 0 Å². The Bertz CT molecular complexity index is 911. The van der Waals surface area contributed by atoms with E-state index in [1.54, 1.807) is 30.3 Å². The van der Waals surface area contributed by atoms with Gasteiger partial charge < -0.3 is 10.2 Å². The number of hydrogen-bond acceptors (Lipinski definition) is 4. The summed E-state index contributed by atoms with van der Waals surface area (Å²) in [5.74, 6) is 0.369. The number of rotatable bonds is 2. The van der Waals surface area contributed by atoms with Gasteiger partial charge in [-0.1, -0.05) is 18.2 Å². The first-order valence-electron chi connectivity index (χ1n) is 9.31. The van der Waals surface area contributed by atoms with E-state index in [1.807, 2.05) is 18.2 Å². The minimum atomic E-state index is -3.48. The Morgan fingerprint density at radius 3 is 2.38 bits per heavy atom. The third-order valence-electron chi connectivity index (χ3n) is 5.88. The van der Waals surface area contributed by atoms with Crippen LogP contribution in [0.15, 0.2) is 58.3 Å². The molecule has 0 saturated carbocycles. The second kappa shape index (κ2) is 6.39. The lowest BCUT2D eigenvalue weighted by Gasteiger charge is -2.26. The zero-order valence-electron chi connectivity index (χ0n) is 15.5. The second-order valence-corrected chi connectivity index (χ2v) is 9.71. The quantitative estimate of drug-likeness (QED) is 0.878. The van der Waals surface area contributed by atoms with Gasteiger partial charge in [0.05, 0.1) is 9.79 Å². The Morgan fingerprint density at radius 2 is 1.65 bits per heavy atom. The van der Waals surface area contributed by atoms with Gasteiger partial charge in [0.2, 0.25) is 9.84 Å². The number of anilines is 1. The molecule has 4 rings (SSSR count). The average molecular weight is 371 g/mol. The average Bonchev–Trinajstić information content (AvgIpc) is 2.77. The van der Waals surface area contributed by atoms with Gasteiger partial charge in [-0.3, -0.25) is 0 Å². The fourth-order valence-electron chi connectivity index (χ4n) is 4.68. The van der Waals surface area contributed by atoms with E-state index in [-0.39, 0.29) is 0 Å². The van der Waals surface area contributed by atoms with Crippen LogP contribution in [0.2, 0.25) is 0 Å². The van der Waals surface area contributed by atoms with E-state index < -0.39 is 9.84 Å². The van der Waals surface area contributed by atoms with E-state index >= 15 is 0 Å². The summed E-state index contributed by atoms with van der Waals surface area (Å²) in [6, 6.07) is 15.7. The van der Waals surface area contributed by atoms with Crippen LogP contribution in [0.1, 0.15) is 38.2 Å². The van der Waals surface area contributed by atoms with E-state index in [2.05, 4.69) is 31.1 Å². The minimum Gasteiger partial charge on any atom is -0.371 e. The fraction of sp³-hybridized carbons (Fsp3) is 0.429. The summed E-state index contributed by atoms with van der Waals surface area (Å²) >= 11 is 0. The maximum Gasteiger partial charge on any atom is 0.206 e. The summed E-state index contributed by atoms with van der Waals surface area (Å²) < 4.78 is 26.1. The van der Waals surface area contributed by atoms with Crippen LogP contribution in [0, 0.1) is 0 Å². The minimum absolute atomic E-state index is 0.354. The molecule has 1 fully saturated rings.